The molecule has 0 aliphatic rings. The average Bonchev–Trinajstić information content (AvgIpc) is 2.56. The number of carbonyl (C=O) groups excluding carboxylic acids is 2. The summed E-state index contributed by atoms with van der Waals surface area (Å²) in [4.78, 5) is 22.3. The molecular formula is C9H11NO3. The number of carbonyl (C=O) groups is 2. The number of hydrogen-bond donors (Lipinski definition) is 1. The lowest BCUT2D eigenvalue weighted by atomic mass is 9.99. The van der Waals surface area contributed by atoms with Crippen molar-refractivity contribution in [2.45, 2.75) is 13.3 Å². The fraction of sp³-hybridized carbons (Fsp3) is 0.333. The minimum Gasteiger partial charge on any atom is -0.461 e. The van der Waals surface area contributed by atoms with E-state index in [1.807, 2.05) is 0 Å². The van der Waals surface area contributed by atoms with Crippen molar-refractivity contribution in [1.82, 2.24) is 0 Å². The summed E-state index contributed by atoms with van der Waals surface area (Å²) in [6.07, 6.45) is 1.79. The molecule has 0 aromatic carbocycles. The molecule has 13 heavy (non-hydrogen) atoms. The van der Waals surface area contributed by atoms with Crippen molar-refractivity contribution in [2.24, 2.45) is 11.7 Å². The fourth-order valence-corrected chi connectivity index (χ4v) is 1.11. The molecule has 0 spiro atoms. The lowest BCUT2D eigenvalue weighted by Gasteiger charge is -2.06. The van der Waals surface area contributed by atoms with Crippen LogP contribution in [0, 0.1) is 5.92 Å². The topological polar surface area (TPSA) is 73.3 Å². The van der Waals surface area contributed by atoms with Crippen molar-refractivity contribution >= 4 is 11.7 Å². The maximum Gasteiger partial charge on any atom is 0.228 e. The lowest BCUT2D eigenvalue weighted by molar-refractivity contribution is -0.120. The second-order valence-corrected chi connectivity index (χ2v) is 2.70. The van der Waals surface area contributed by atoms with Gasteiger partial charge in [-0.3, -0.25) is 9.59 Å². The third-order valence-electron chi connectivity index (χ3n) is 1.83. The predicted molar refractivity (Wildman–Crippen MR) is 46.0 cm³/mol. The largest absolute Gasteiger partial charge is 0.461 e. The standard InChI is InChI=1S/C9H11NO3/c1-2-6(9(10)12)8(11)7-4-3-5-13-7/h3-6H,2H2,1H3,(H2,10,12). The molecule has 1 aromatic heterocycles. The van der Waals surface area contributed by atoms with Gasteiger partial charge >= 0.3 is 0 Å². The molecule has 0 fully saturated rings. The number of hydrogen-bond acceptors (Lipinski definition) is 3. The zero-order chi connectivity index (χ0) is 9.84. The van der Waals surface area contributed by atoms with Crippen LogP contribution in [0.5, 0.6) is 0 Å². The van der Waals surface area contributed by atoms with Crippen LogP contribution in [-0.4, -0.2) is 11.7 Å². The molecule has 1 atom stereocenters. The maximum atomic E-state index is 11.5. The molecule has 0 bridgehead atoms. The molecule has 0 radical (unpaired) electrons. The Morgan fingerprint density at radius 2 is 2.31 bits per heavy atom. The normalized spacial score (nSPS) is 12.4. The molecule has 4 heteroatoms. The maximum absolute atomic E-state index is 11.5. The molecule has 4 nitrogen and oxygen atoms in total. The van der Waals surface area contributed by atoms with E-state index in [0.717, 1.165) is 0 Å². The zero-order valence-electron chi connectivity index (χ0n) is 7.32. The summed E-state index contributed by atoms with van der Waals surface area (Å²) in [6.45, 7) is 1.73. The second-order valence-electron chi connectivity index (χ2n) is 2.70. The van der Waals surface area contributed by atoms with Crippen LogP contribution in [-0.2, 0) is 4.79 Å². The third kappa shape index (κ3) is 1.96. The van der Waals surface area contributed by atoms with Gasteiger partial charge in [0, 0.05) is 0 Å². The van der Waals surface area contributed by atoms with Crippen molar-refractivity contribution in [3.05, 3.63) is 24.2 Å². The van der Waals surface area contributed by atoms with E-state index < -0.39 is 11.8 Å². The van der Waals surface area contributed by atoms with Crippen LogP contribution >= 0.6 is 0 Å². The molecule has 0 saturated heterocycles. The van der Waals surface area contributed by atoms with E-state index >= 15 is 0 Å². The number of nitrogens with two attached hydrogens (primary N) is 1. The van der Waals surface area contributed by atoms with Gasteiger partial charge < -0.3 is 10.2 Å². The Balaban J connectivity index is 2.83. The minimum atomic E-state index is -0.772. The van der Waals surface area contributed by atoms with Crippen molar-refractivity contribution in [1.29, 1.82) is 0 Å². The molecule has 70 valence electrons. The number of furan rings is 1. The Labute approximate surface area is 75.7 Å². The van der Waals surface area contributed by atoms with Gasteiger partial charge in [0.25, 0.3) is 0 Å². The van der Waals surface area contributed by atoms with Gasteiger partial charge in [-0.1, -0.05) is 6.92 Å². The van der Waals surface area contributed by atoms with Gasteiger partial charge in [0.2, 0.25) is 11.7 Å². The highest BCUT2D eigenvalue weighted by molar-refractivity contribution is 6.08. The second kappa shape index (κ2) is 3.89. The number of amides is 1. The Bertz CT molecular complexity index is 303. The zero-order valence-corrected chi connectivity index (χ0v) is 7.32. The van der Waals surface area contributed by atoms with E-state index in [0.29, 0.717) is 6.42 Å². The molecule has 0 saturated carbocycles. The summed E-state index contributed by atoms with van der Waals surface area (Å²) in [5.74, 6) is -1.54. The van der Waals surface area contributed by atoms with Gasteiger partial charge in [0.15, 0.2) is 5.76 Å². The molecule has 1 unspecified atom stereocenters. The fourth-order valence-electron chi connectivity index (χ4n) is 1.11. The van der Waals surface area contributed by atoms with Crippen molar-refractivity contribution in [2.75, 3.05) is 0 Å². The lowest BCUT2D eigenvalue weighted by Crippen LogP contribution is -2.29. The number of primary amides is 1. The Morgan fingerprint density at radius 1 is 1.62 bits per heavy atom. The predicted octanol–water partition coefficient (Wildman–Crippen LogP) is 0.974. The molecular weight excluding hydrogens is 170 g/mol. The van der Waals surface area contributed by atoms with Crippen molar-refractivity contribution in [3.8, 4) is 0 Å². The first-order valence-electron chi connectivity index (χ1n) is 4.03. The summed E-state index contributed by atoms with van der Waals surface area (Å²) in [5, 5.41) is 0. The Kier molecular flexibility index (Phi) is 2.84. The van der Waals surface area contributed by atoms with Crippen molar-refractivity contribution < 1.29 is 14.0 Å². The SMILES string of the molecule is CCC(C(N)=O)C(=O)c1ccco1. The highest BCUT2D eigenvalue weighted by Crippen LogP contribution is 2.12. The summed E-state index contributed by atoms with van der Waals surface area (Å²) in [7, 11) is 0. The summed E-state index contributed by atoms with van der Waals surface area (Å²) >= 11 is 0. The van der Waals surface area contributed by atoms with E-state index in [1.165, 1.54) is 12.3 Å². The summed E-state index contributed by atoms with van der Waals surface area (Å²) in [6, 6.07) is 3.12. The van der Waals surface area contributed by atoms with Gasteiger partial charge in [-0.25, -0.2) is 0 Å². The van der Waals surface area contributed by atoms with E-state index in [9.17, 15) is 9.59 Å². The summed E-state index contributed by atoms with van der Waals surface area (Å²) in [5.41, 5.74) is 5.05. The van der Waals surface area contributed by atoms with Gasteiger partial charge in [-0.05, 0) is 18.6 Å². The Hall–Kier alpha value is -1.58. The summed E-state index contributed by atoms with van der Waals surface area (Å²) < 4.78 is 4.87. The highest BCUT2D eigenvalue weighted by Gasteiger charge is 2.25. The van der Waals surface area contributed by atoms with E-state index in [1.54, 1.807) is 13.0 Å². The molecule has 1 rings (SSSR count). The van der Waals surface area contributed by atoms with Crippen LogP contribution < -0.4 is 5.73 Å². The van der Waals surface area contributed by atoms with Crippen molar-refractivity contribution in [3.63, 3.8) is 0 Å². The van der Waals surface area contributed by atoms with Crippen LogP contribution in [0.2, 0.25) is 0 Å². The van der Waals surface area contributed by atoms with Gasteiger partial charge in [-0.2, -0.15) is 0 Å². The molecule has 2 N–H and O–H groups in total. The van der Waals surface area contributed by atoms with Crippen LogP contribution in [0.25, 0.3) is 0 Å². The van der Waals surface area contributed by atoms with E-state index in [4.69, 9.17) is 10.2 Å². The first kappa shape index (κ1) is 9.51. The smallest absolute Gasteiger partial charge is 0.228 e. The Morgan fingerprint density at radius 3 is 2.69 bits per heavy atom. The molecule has 1 aromatic rings. The molecule has 0 aliphatic heterocycles. The number of ketones is 1. The van der Waals surface area contributed by atoms with Crippen LogP contribution in [0.1, 0.15) is 23.9 Å². The van der Waals surface area contributed by atoms with Crippen LogP contribution in [0.15, 0.2) is 22.8 Å². The molecule has 1 heterocycles. The number of rotatable bonds is 4. The highest BCUT2D eigenvalue weighted by atomic mass is 16.3. The quantitative estimate of drug-likeness (QED) is 0.555. The molecule has 0 aliphatic carbocycles. The van der Waals surface area contributed by atoms with Gasteiger partial charge in [0.1, 0.15) is 5.92 Å². The van der Waals surface area contributed by atoms with Crippen LogP contribution in [0.3, 0.4) is 0 Å². The average molecular weight is 181 g/mol. The minimum absolute atomic E-state index is 0.186. The first-order valence-corrected chi connectivity index (χ1v) is 4.03. The molecule has 1 amide bonds. The van der Waals surface area contributed by atoms with Gasteiger partial charge in [0.05, 0.1) is 6.26 Å². The van der Waals surface area contributed by atoms with E-state index in [-0.39, 0.29) is 11.5 Å². The third-order valence-corrected chi connectivity index (χ3v) is 1.83. The number of Topliss-reactive ketones (excluding diaryl/α,β-unsaturated/α-hetero) is 1. The van der Waals surface area contributed by atoms with Gasteiger partial charge in [-0.15, -0.1) is 0 Å². The monoisotopic (exact) mass is 181 g/mol. The first-order chi connectivity index (χ1) is 6.16. The van der Waals surface area contributed by atoms with E-state index in [2.05, 4.69) is 0 Å². The van der Waals surface area contributed by atoms with Crippen LogP contribution in [0.4, 0.5) is 0 Å².